The number of likely N-dealkylation sites (tertiary alicyclic amines) is 1. The lowest BCUT2D eigenvalue weighted by Crippen LogP contribution is -2.37. The van der Waals surface area contributed by atoms with Gasteiger partial charge in [0.25, 0.3) is 0 Å². The molecule has 2 atom stereocenters. The van der Waals surface area contributed by atoms with Gasteiger partial charge in [-0.3, -0.25) is 9.69 Å². The molecule has 122 valence electrons. The van der Waals surface area contributed by atoms with Crippen molar-refractivity contribution in [1.29, 1.82) is 0 Å². The average molecular weight is 309 g/mol. The minimum absolute atomic E-state index is 0.426. The van der Waals surface area contributed by atoms with Crippen molar-refractivity contribution < 1.29 is 24.5 Å². The van der Waals surface area contributed by atoms with E-state index in [-0.39, 0.29) is 0 Å². The van der Waals surface area contributed by atoms with E-state index in [1.165, 1.54) is 0 Å². The Labute approximate surface area is 130 Å². The van der Waals surface area contributed by atoms with Crippen LogP contribution in [0.4, 0.5) is 0 Å². The molecule has 1 heterocycles. The molecule has 1 saturated heterocycles. The summed E-state index contributed by atoms with van der Waals surface area (Å²) in [5, 5.41) is 19.6. The van der Waals surface area contributed by atoms with Crippen LogP contribution in [0.15, 0.2) is 18.2 Å². The molecule has 6 heteroatoms. The molecular weight excluding hydrogens is 286 g/mol. The normalized spacial score (nSPS) is 19.9. The van der Waals surface area contributed by atoms with Crippen molar-refractivity contribution >= 4 is 5.97 Å². The number of nitrogens with zero attached hydrogens (tertiary/aromatic N) is 1. The zero-order valence-electron chi connectivity index (χ0n) is 13.0. The summed E-state index contributed by atoms with van der Waals surface area (Å²) in [5.74, 6) is 0.454. The molecule has 1 aromatic rings. The maximum absolute atomic E-state index is 11.2. The second-order valence-corrected chi connectivity index (χ2v) is 5.44. The number of carboxylic acid groups (broad SMARTS) is 1. The molecule has 0 aliphatic carbocycles. The Kier molecular flexibility index (Phi) is 5.63. The molecule has 1 aromatic carbocycles. The number of aliphatic hydroxyl groups excluding tert-OH is 1. The molecule has 0 radical (unpaired) electrons. The number of benzene rings is 1. The van der Waals surface area contributed by atoms with Gasteiger partial charge in [0.15, 0.2) is 0 Å². The highest BCUT2D eigenvalue weighted by molar-refractivity contribution is 5.73. The number of carboxylic acids is 1. The van der Waals surface area contributed by atoms with Gasteiger partial charge in [-0.15, -0.1) is 0 Å². The van der Waals surface area contributed by atoms with Crippen molar-refractivity contribution in [1.82, 2.24) is 4.90 Å². The third-order valence-electron chi connectivity index (χ3n) is 4.14. The summed E-state index contributed by atoms with van der Waals surface area (Å²) in [5.41, 5.74) is 0.689. The molecule has 2 unspecified atom stereocenters. The summed E-state index contributed by atoms with van der Waals surface area (Å²) in [6.45, 7) is 1.32. The SMILES string of the molecule is COc1ccc(C(O)CCN2CCCC2C(=O)O)c(OC)c1. The Bertz CT molecular complexity index is 519. The maximum atomic E-state index is 11.2. The monoisotopic (exact) mass is 309 g/mol. The number of carbonyl (C=O) groups is 1. The van der Waals surface area contributed by atoms with Gasteiger partial charge in [-0.1, -0.05) is 0 Å². The number of aliphatic carboxylic acids is 1. The number of ether oxygens (including phenoxy) is 2. The lowest BCUT2D eigenvalue weighted by atomic mass is 10.0. The second-order valence-electron chi connectivity index (χ2n) is 5.44. The van der Waals surface area contributed by atoms with Crippen LogP contribution in [-0.2, 0) is 4.79 Å². The fourth-order valence-electron chi connectivity index (χ4n) is 2.91. The van der Waals surface area contributed by atoms with Crippen LogP contribution in [0.5, 0.6) is 11.5 Å². The molecule has 22 heavy (non-hydrogen) atoms. The molecule has 2 N–H and O–H groups in total. The molecule has 1 fully saturated rings. The van der Waals surface area contributed by atoms with Gasteiger partial charge in [0.05, 0.1) is 20.3 Å². The molecule has 0 amide bonds. The fourth-order valence-corrected chi connectivity index (χ4v) is 2.91. The summed E-state index contributed by atoms with van der Waals surface area (Å²) in [7, 11) is 3.12. The predicted molar refractivity (Wildman–Crippen MR) is 81.4 cm³/mol. The second kappa shape index (κ2) is 7.47. The Morgan fingerprint density at radius 1 is 1.41 bits per heavy atom. The van der Waals surface area contributed by atoms with Gasteiger partial charge in [-0.25, -0.2) is 0 Å². The van der Waals surface area contributed by atoms with Crippen molar-refractivity contribution in [2.45, 2.75) is 31.4 Å². The highest BCUT2D eigenvalue weighted by Gasteiger charge is 2.30. The van der Waals surface area contributed by atoms with Gasteiger partial charge in [0.2, 0.25) is 0 Å². The molecule has 2 rings (SSSR count). The van der Waals surface area contributed by atoms with Gasteiger partial charge in [-0.2, -0.15) is 0 Å². The van der Waals surface area contributed by atoms with Crippen LogP contribution >= 0.6 is 0 Å². The van der Waals surface area contributed by atoms with Crippen LogP contribution in [-0.4, -0.2) is 54.4 Å². The van der Waals surface area contributed by atoms with Crippen LogP contribution < -0.4 is 9.47 Å². The number of hydrogen-bond acceptors (Lipinski definition) is 5. The zero-order chi connectivity index (χ0) is 16.1. The molecule has 0 spiro atoms. The number of methoxy groups -OCH3 is 2. The number of hydrogen-bond donors (Lipinski definition) is 2. The minimum atomic E-state index is -0.783. The fraction of sp³-hybridized carbons (Fsp3) is 0.562. The summed E-state index contributed by atoms with van der Waals surface area (Å²) >= 11 is 0. The molecule has 1 aliphatic rings. The van der Waals surface area contributed by atoms with E-state index in [2.05, 4.69) is 0 Å². The van der Waals surface area contributed by atoms with E-state index in [9.17, 15) is 9.90 Å². The summed E-state index contributed by atoms with van der Waals surface area (Å²) in [4.78, 5) is 13.1. The van der Waals surface area contributed by atoms with E-state index in [4.69, 9.17) is 14.6 Å². The summed E-state index contributed by atoms with van der Waals surface area (Å²) < 4.78 is 10.4. The van der Waals surface area contributed by atoms with Crippen LogP contribution in [0.1, 0.15) is 30.9 Å². The van der Waals surface area contributed by atoms with Crippen molar-refractivity contribution in [2.75, 3.05) is 27.3 Å². The predicted octanol–water partition coefficient (Wildman–Crippen LogP) is 1.68. The lowest BCUT2D eigenvalue weighted by molar-refractivity contribution is -0.142. The van der Waals surface area contributed by atoms with Gasteiger partial charge in [0, 0.05) is 18.2 Å². The topological polar surface area (TPSA) is 79.2 Å². The van der Waals surface area contributed by atoms with Gasteiger partial charge < -0.3 is 19.7 Å². The van der Waals surface area contributed by atoms with Crippen LogP contribution in [0.3, 0.4) is 0 Å². The smallest absolute Gasteiger partial charge is 0.320 e. The Morgan fingerprint density at radius 3 is 2.82 bits per heavy atom. The summed E-state index contributed by atoms with van der Waals surface area (Å²) in [6, 6.07) is 4.86. The van der Waals surface area contributed by atoms with Crippen molar-refractivity contribution in [3.05, 3.63) is 23.8 Å². The largest absolute Gasteiger partial charge is 0.497 e. The highest BCUT2D eigenvalue weighted by Crippen LogP contribution is 2.31. The van der Waals surface area contributed by atoms with Crippen molar-refractivity contribution in [3.8, 4) is 11.5 Å². The maximum Gasteiger partial charge on any atom is 0.320 e. The lowest BCUT2D eigenvalue weighted by Gasteiger charge is -2.23. The molecule has 0 bridgehead atoms. The van der Waals surface area contributed by atoms with E-state index in [0.29, 0.717) is 36.4 Å². The Hall–Kier alpha value is -1.79. The summed E-state index contributed by atoms with van der Waals surface area (Å²) in [6.07, 6.45) is 1.33. The zero-order valence-corrected chi connectivity index (χ0v) is 13.0. The van der Waals surface area contributed by atoms with Crippen LogP contribution in [0.2, 0.25) is 0 Å². The molecule has 0 saturated carbocycles. The van der Waals surface area contributed by atoms with Gasteiger partial charge in [0.1, 0.15) is 17.5 Å². The van der Waals surface area contributed by atoms with E-state index in [0.717, 1.165) is 13.0 Å². The number of rotatable bonds is 7. The van der Waals surface area contributed by atoms with Crippen molar-refractivity contribution in [2.24, 2.45) is 0 Å². The van der Waals surface area contributed by atoms with E-state index < -0.39 is 18.1 Å². The first kappa shape index (κ1) is 16.6. The average Bonchev–Trinajstić information content (AvgIpc) is 3.00. The van der Waals surface area contributed by atoms with Crippen LogP contribution in [0.25, 0.3) is 0 Å². The Balaban J connectivity index is 2.00. The first-order chi connectivity index (χ1) is 10.6. The number of aliphatic hydroxyl groups is 1. The third-order valence-corrected chi connectivity index (χ3v) is 4.14. The van der Waals surface area contributed by atoms with E-state index in [1.54, 1.807) is 32.4 Å². The van der Waals surface area contributed by atoms with Crippen molar-refractivity contribution in [3.63, 3.8) is 0 Å². The first-order valence-corrected chi connectivity index (χ1v) is 7.43. The standard InChI is InChI=1S/C16H23NO5/c1-21-11-5-6-12(15(10-11)22-2)14(18)7-9-17-8-3-4-13(17)16(19)20/h5-6,10,13-14,18H,3-4,7-9H2,1-2H3,(H,19,20). The van der Waals surface area contributed by atoms with E-state index in [1.807, 2.05) is 4.90 Å². The minimum Gasteiger partial charge on any atom is -0.497 e. The molecule has 6 nitrogen and oxygen atoms in total. The van der Waals surface area contributed by atoms with E-state index >= 15 is 0 Å². The quantitative estimate of drug-likeness (QED) is 0.798. The molecular formula is C16H23NO5. The van der Waals surface area contributed by atoms with Crippen LogP contribution in [0, 0.1) is 0 Å². The third kappa shape index (κ3) is 3.69. The highest BCUT2D eigenvalue weighted by atomic mass is 16.5. The molecule has 1 aliphatic heterocycles. The van der Waals surface area contributed by atoms with Gasteiger partial charge in [-0.05, 0) is 37.9 Å². The van der Waals surface area contributed by atoms with Gasteiger partial charge >= 0.3 is 5.97 Å². The Morgan fingerprint density at radius 2 is 2.18 bits per heavy atom. The first-order valence-electron chi connectivity index (χ1n) is 7.43. The molecule has 0 aromatic heterocycles.